The Labute approximate surface area is 186 Å². The molecule has 0 aliphatic rings. The number of nitrogens with zero attached hydrogens (tertiary/aromatic N) is 3. The number of benzene rings is 2. The third-order valence-corrected chi connectivity index (χ3v) is 5.18. The highest BCUT2D eigenvalue weighted by Gasteiger charge is 2.19. The lowest BCUT2D eigenvalue weighted by molar-refractivity contribution is 0.144. The van der Waals surface area contributed by atoms with E-state index in [1.807, 2.05) is 32.0 Å². The molecule has 1 heterocycles. The molecule has 0 bridgehead atoms. The van der Waals surface area contributed by atoms with Crippen LogP contribution in [0.2, 0.25) is 0 Å². The van der Waals surface area contributed by atoms with Crippen LogP contribution in [0.25, 0.3) is 11.4 Å². The number of rotatable bonds is 9. The standard InChI is InChI=1S/C22H27N3O5S/c1-13(2)15-10-16(18(27)11-17(15)26)21-23-24-22(31)25(21)12-14-5-6-19(20(9-14)29-4)30-8-7-28-3/h5-6,9-11,13,26-27H,7-8,12H2,1-4H3,(H,24,31). The van der Waals surface area contributed by atoms with Crippen molar-refractivity contribution in [2.45, 2.75) is 31.5 Å². The number of aromatic nitrogens is 3. The predicted molar refractivity (Wildman–Crippen MR) is 120 cm³/mol. The fourth-order valence-corrected chi connectivity index (χ4v) is 3.43. The quantitative estimate of drug-likeness (QED) is 0.340. The van der Waals surface area contributed by atoms with Gasteiger partial charge in [-0.3, -0.25) is 4.57 Å². The van der Waals surface area contributed by atoms with Crippen LogP contribution in [-0.2, 0) is 11.3 Å². The van der Waals surface area contributed by atoms with Crippen LogP contribution >= 0.6 is 12.6 Å². The van der Waals surface area contributed by atoms with Crippen LogP contribution in [0.3, 0.4) is 0 Å². The van der Waals surface area contributed by atoms with Crippen LogP contribution in [0.15, 0.2) is 35.5 Å². The summed E-state index contributed by atoms with van der Waals surface area (Å²) in [5.41, 5.74) is 2.10. The average molecular weight is 446 g/mol. The van der Waals surface area contributed by atoms with E-state index in [0.717, 1.165) is 5.56 Å². The van der Waals surface area contributed by atoms with E-state index in [1.165, 1.54) is 6.07 Å². The molecule has 2 aromatic carbocycles. The lowest BCUT2D eigenvalue weighted by atomic mass is 9.98. The van der Waals surface area contributed by atoms with Gasteiger partial charge in [0.15, 0.2) is 22.5 Å². The summed E-state index contributed by atoms with van der Waals surface area (Å²) in [7, 11) is 3.20. The number of ether oxygens (including phenoxy) is 3. The Kier molecular flexibility index (Phi) is 7.29. The predicted octanol–water partition coefficient (Wildman–Crippen LogP) is 3.85. The molecule has 0 radical (unpaired) electrons. The fourth-order valence-electron chi connectivity index (χ4n) is 3.22. The maximum absolute atomic E-state index is 10.5. The molecule has 0 amide bonds. The second-order valence-corrected chi connectivity index (χ2v) is 7.72. The van der Waals surface area contributed by atoms with Crippen LogP contribution in [0.5, 0.6) is 23.0 Å². The molecule has 0 aliphatic heterocycles. The first-order valence-corrected chi connectivity index (χ1v) is 10.3. The summed E-state index contributed by atoms with van der Waals surface area (Å²) in [4.78, 5) is 0. The molecule has 0 saturated carbocycles. The fraction of sp³-hybridized carbons (Fsp3) is 0.364. The molecule has 2 N–H and O–H groups in total. The van der Waals surface area contributed by atoms with E-state index in [4.69, 9.17) is 14.2 Å². The van der Waals surface area contributed by atoms with Crippen molar-refractivity contribution in [3.8, 4) is 34.4 Å². The number of methoxy groups -OCH3 is 2. The lowest BCUT2D eigenvalue weighted by Crippen LogP contribution is -2.07. The second-order valence-electron chi connectivity index (χ2n) is 7.32. The van der Waals surface area contributed by atoms with Crippen LogP contribution in [-0.4, -0.2) is 52.4 Å². The zero-order valence-corrected chi connectivity index (χ0v) is 18.9. The minimum Gasteiger partial charge on any atom is -0.508 e. The summed E-state index contributed by atoms with van der Waals surface area (Å²) in [5, 5.41) is 29.3. The van der Waals surface area contributed by atoms with Crippen molar-refractivity contribution in [1.29, 1.82) is 0 Å². The topological polar surface area (TPSA) is 98.9 Å². The van der Waals surface area contributed by atoms with E-state index >= 15 is 0 Å². The number of hydrogen-bond acceptors (Lipinski definition) is 8. The zero-order valence-electron chi connectivity index (χ0n) is 18.0. The van der Waals surface area contributed by atoms with E-state index in [2.05, 4.69) is 22.8 Å². The van der Waals surface area contributed by atoms with E-state index in [1.54, 1.807) is 24.9 Å². The molecule has 3 rings (SSSR count). The van der Waals surface area contributed by atoms with Crippen LogP contribution in [0.1, 0.15) is 30.9 Å². The van der Waals surface area contributed by atoms with Gasteiger partial charge in [-0.05, 0) is 35.2 Å². The molecule has 1 aromatic heterocycles. The highest BCUT2D eigenvalue weighted by atomic mass is 32.1. The molecule has 166 valence electrons. The Morgan fingerprint density at radius 1 is 1.00 bits per heavy atom. The van der Waals surface area contributed by atoms with Gasteiger partial charge in [-0.2, -0.15) is 0 Å². The molecular formula is C22H27N3O5S. The van der Waals surface area contributed by atoms with Gasteiger partial charge in [-0.25, -0.2) is 0 Å². The van der Waals surface area contributed by atoms with E-state index in [0.29, 0.717) is 53.4 Å². The molecule has 0 unspecified atom stereocenters. The molecule has 3 aromatic rings. The molecule has 0 fully saturated rings. The molecule has 0 saturated heterocycles. The molecule has 0 spiro atoms. The van der Waals surface area contributed by atoms with Gasteiger partial charge in [-0.1, -0.05) is 19.9 Å². The summed E-state index contributed by atoms with van der Waals surface area (Å²) in [6, 6.07) is 8.68. The third-order valence-electron chi connectivity index (χ3n) is 4.85. The Bertz CT molecular complexity index is 1050. The summed E-state index contributed by atoms with van der Waals surface area (Å²) >= 11 is 4.43. The van der Waals surface area contributed by atoms with Gasteiger partial charge >= 0.3 is 0 Å². The molecule has 31 heavy (non-hydrogen) atoms. The van der Waals surface area contributed by atoms with E-state index < -0.39 is 0 Å². The van der Waals surface area contributed by atoms with Crippen molar-refractivity contribution in [3.63, 3.8) is 0 Å². The van der Waals surface area contributed by atoms with Crippen molar-refractivity contribution in [3.05, 3.63) is 41.5 Å². The van der Waals surface area contributed by atoms with Gasteiger partial charge in [0.25, 0.3) is 0 Å². The number of phenolic OH excluding ortho intramolecular Hbond substituents is 2. The Morgan fingerprint density at radius 3 is 2.45 bits per heavy atom. The summed E-state index contributed by atoms with van der Waals surface area (Å²) in [6.07, 6.45) is 0. The first-order chi connectivity index (χ1) is 14.8. The molecule has 0 atom stereocenters. The first-order valence-electron chi connectivity index (χ1n) is 9.82. The summed E-state index contributed by atoms with van der Waals surface area (Å²) in [6.45, 7) is 5.22. The lowest BCUT2D eigenvalue weighted by Gasteiger charge is -2.15. The highest BCUT2D eigenvalue weighted by molar-refractivity contribution is 7.80. The van der Waals surface area contributed by atoms with Gasteiger partial charge in [0.1, 0.15) is 18.1 Å². The van der Waals surface area contributed by atoms with E-state index in [9.17, 15) is 10.2 Å². The van der Waals surface area contributed by atoms with E-state index in [-0.39, 0.29) is 17.4 Å². The molecule has 8 nitrogen and oxygen atoms in total. The average Bonchev–Trinajstić information content (AvgIpc) is 3.09. The zero-order chi connectivity index (χ0) is 22.5. The number of hydrogen-bond donors (Lipinski definition) is 3. The Hall–Kier alpha value is -2.91. The maximum Gasteiger partial charge on any atom is 0.188 e. The number of phenols is 2. The molecule has 0 aliphatic carbocycles. The van der Waals surface area contributed by atoms with Crippen molar-refractivity contribution < 1.29 is 24.4 Å². The summed E-state index contributed by atoms with van der Waals surface area (Å²) in [5.74, 6) is 1.70. The van der Waals surface area contributed by atoms with Crippen molar-refractivity contribution in [2.24, 2.45) is 0 Å². The minimum absolute atomic E-state index is 0.0437. The Balaban J connectivity index is 1.95. The maximum atomic E-state index is 10.5. The minimum atomic E-state index is -0.0802. The van der Waals surface area contributed by atoms with Gasteiger partial charge in [0.05, 0.1) is 25.8 Å². The van der Waals surface area contributed by atoms with Gasteiger partial charge in [0.2, 0.25) is 0 Å². The van der Waals surface area contributed by atoms with Gasteiger partial charge < -0.3 is 24.4 Å². The first kappa shape index (κ1) is 22.8. The van der Waals surface area contributed by atoms with Gasteiger partial charge in [0, 0.05) is 13.2 Å². The van der Waals surface area contributed by atoms with Crippen molar-refractivity contribution >= 4 is 12.6 Å². The van der Waals surface area contributed by atoms with Crippen molar-refractivity contribution in [1.82, 2.24) is 14.8 Å². The van der Waals surface area contributed by atoms with Gasteiger partial charge in [-0.15, -0.1) is 22.8 Å². The largest absolute Gasteiger partial charge is 0.508 e. The monoisotopic (exact) mass is 445 g/mol. The normalized spacial score (nSPS) is 11.2. The van der Waals surface area contributed by atoms with Crippen LogP contribution < -0.4 is 9.47 Å². The number of thiol groups is 1. The highest BCUT2D eigenvalue weighted by Crippen LogP contribution is 2.38. The smallest absolute Gasteiger partial charge is 0.188 e. The number of aromatic hydroxyl groups is 2. The Morgan fingerprint density at radius 2 is 1.77 bits per heavy atom. The molecular weight excluding hydrogens is 418 g/mol. The SMILES string of the molecule is COCCOc1ccc(Cn2c(S)nnc2-c2cc(C(C)C)c(O)cc2O)cc1OC. The third kappa shape index (κ3) is 5.05. The second kappa shape index (κ2) is 9.93. The summed E-state index contributed by atoms with van der Waals surface area (Å²) < 4.78 is 17.9. The van der Waals surface area contributed by atoms with Crippen molar-refractivity contribution in [2.75, 3.05) is 27.4 Å². The van der Waals surface area contributed by atoms with Crippen LogP contribution in [0, 0.1) is 0 Å². The van der Waals surface area contributed by atoms with Crippen LogP contribution in [0.4, 0.5) is 0 Å². The molecule has 9 heteroatoms.